The molecule has 0 unspecified atom stereocenters. The fourth-order valence-electron chi connectivity index (χ4n) is 2.66. The highest BCUT2D eigenvalue weighted by Crippen LogP contribution is 2.17. The quantitative estimate of drug-likeness (QED) is 0.699. The zero-order valence-corrected chi connectivity index (χ0v) is 15.1. The second-order valence-electron chi connectivity index (χ2n) is 6.14. The summed E-state index contributed by atoms with van der Waals surface area (Å²) in [7, 11) is 1.87. The lowest BCUT2D eigenvalue weighted by Crippen LogP contribution is -2.30. The number of carbonyl (C=O) groups excluding carboxylic acids is 2. The Morgan fingerprint density at radius 3 is 2.04 bits per heavy atom. The molecule has 5 heteroatoms. The van der Waals surface area contributed by atoms with E-state index in [-0.39, 0.29) is 18.4 Å². The van der Waals surface area contributed by atoms with Crippen molar-refractivity contribution in [3.63, 3.8) is 0 Å². The molecule has 2 amide bonds. The van der Waals surface area contributed by atoms with Crippen LogP contribution in [0.5, 0.6) is 0 Å². The van der Waals surface area contributed by atoms with E-state index in [1.165, 1.54) is 0 Å². The number of para-hydroxylation sites is 1. The van der Waals surface area contributed by atoms with Crippen molar-refractivity contribution in [3.8, 4) is 0 Å². The van der Waals surface area contributed by atoms with Crippen LogP contribution < -0.4 is 15.5 Å². The first-order chi connectivity index (χ1) is 13.1. The highest BCUT2D eigenvalue weighted by molar-refractivity contribution is 6.04. The maximum Gasteiger partial charge on any atom is 0.255 e. The number of nitrogens with zero attached hydrogens (tertiary/aromatic N) is 1. The molecule has 3 aromatic rings. The number of hydrogen-bond acceptors (Lipinski definition) is 3. The molecule has 5 nitrogen and oxygen atoms in total. The van der Waals surface area contributed by atoms with Gasteiger partial charge in [0.2, 0.25) is 5.91 Å². The predicted octanol–water partition coefficient (Wildman–Crippen LogP) is 4.01. The Labute approximate surface area is 158 Å². The first-order valence-electron chi connectivity index (χ1n) is 8.64. The molecule has 0 aliphatic heterocycles. The molecule has 3 aromatic carbocycles. The van der Waals surface area contributed by atoms with Gasteiger partial charge in [-0.05, 0) is 42.5 Å². The van der Waals surface area contributed by atoms with Crippen LogP contribution in [0.25, 0.3) is 0 Å². The lowest BCUT2D eigenvalue weighted by molar-refractivity contribution is -0.114. The number of carbonyl (C=O) groups is 2. The van der Waals surface area contributed by atoms with Gasteiger partial charge in [0.15, 0.2) is 0 Å². The third kappa shape index (κ3) is 5.19. The zero-order chi connectivity index (χ0) is 19.1. The summed E-state index contributed by atoms with van der Waals surface area (Å²) in [5.74, 6) is -0.323. The number of rotatable bonds is 6. The van der Waals surface area contributed by atoms with E-state index in [0.29, 0.717) is 16.9 Å². The van der Waals surface area contributed by atoms with Crippen molar-refractivity contribution in [2.24, 2.45) is 0 Å². The molecule has 0 radical (unpaired) electrons. The Hall–Kier alpha value is -3.60. The summed E-state index contributed by atoms with van der Waals surface area (Å²) < 4.78 is 0. The molecule has 0 saturated heterocycles. The van der Waals surface area contributed by atoms with Gasteiger partial charge in [-0.25, -0.2) is 0 Å². The molecule has 0 fully saturated rings. The van der Waals surface area contributed by atoms with E-state index in [2.05, 4.69) is 10.6 Å². The second-order valence-corrected chi connectivity index (χ2v) is 6.14. The highest BCUT2D eigenvalue weighted by atomic mass is 16.2. The van der Waals surface area contributed by atoms with Gasteiger partial charge >= 0.3 is 0 Å². The predicted molar refractivity (Wildman–Crippen MR) is 109 cm³/mol. The minimum Gasteiger partial charge on any atom is -0.365 e. The van der Waals surface area contributed by atoms with Crippen LogP contribution in [0.3, 0.4) is 0 Å². The van der Waals surface area contributed by atoms with Crippen LogP contribution >= 0.6 is 0 Å². The van der Waals surface area contributed by atoms with Gasteiger partial charge in [-0.15, -0.1) is 0 Å². The van der Waals surface area contributed by atoms with Crippen LogP contribution in [0.1, 0.15) is 10.4 Å². The topological polar surface area (TPSA) is 61.4 Å². The van der Waals surface area contributed by atoms with E-state index in [9.17, 15) is 9.59 Å². The van der Waals surface area contributed by atoms with E-state index in [0.717, 1.165) is 5.69 Å². The summed E-state index contributed by atoms with van der Waals surface area (Å²) in [6.07, 6.45) is 0. The maximum absolute atomic E-state index is 12.3. The van der Waals surface area contributed by atoms with Gasteiger partial charge in [0.05, 0.1) is 6.54 Å². The molecule has 0 aromatic heterocycles. The highest BCUT2D eigenvalue weighted by Gasteiger charge is 2.09. The Bertz CT molecular complexity index is 911. The third-order valence-corrected chi connectivity index (χ3v) is 4.02. The van der Waals surface area contributed by atoms with Gasteiger partial charge in [0, 0.05) is 29.7 Å². The van der Waals surface area contributed by atoms with Gasteiger partial charge in [-0.3, -0.25) is 9.59 Å². The summed E-state index contributed by atoms with van der Waals surface area (Å²) in [6, 6.07) is 25.8. The van der Waals surface area contributed by atoms with Crippen molar-refractivity contribution in [2.45, 2.75) is 0 Å². The van der Waals surface area contributed by atoms with Gasteiger partial charge in [0.25, 0.3) is 5.91 Å². The Kier molecular flexibility index (Phi) is 5.84. The number of anilines is 3. The van der Waals surface area contributed by atoms with Crippen LogP contribution in [0, 0.1) is 0 Å². The second kappa shape index (κ2) is 8.67. The van der Waals surface area contributed by atoms with E-state index in [1.54, 1.807) is 36.4 Å². The van der Waals surface area contributed by atoms with E-state index in [1.807, 2.05) is 60.5 Å². The molecule has 0 saturated carbocycles. The van der Waals surface area contributed by atoms with Crippen molar-refractivity contribution in [2.75, 3.05) is 29.1 Å². The minimum atomic E-state index is -0.192. The summed E-state index contributed by atoms with van der Waals surface area (Å²) in [4.78, 5) is 26.4. The minimum absolute atomic E-state index is 0.132. The van der Waals surface area contributed by atoms with Crippen LogP contribution in [-0.4, -0.2) is 25.4 Å². The fraction of sp³-hybridized carbons (Fsp3) is 0.0909. The molecule has 3 rings (SSSR count). The van der Waals surface area contributed by atoms with E-state index < -0.39 is 0 Å². The molecule has 0 aliphatic carbocycles. The molecule has 27 heavy (non-hydrogen) atoms. The Morgan fingerprint density at radius 2 is 1.37 bits per heavy atom. The largest absolute Gasteiger partial charge is 0.365 e. The summed E-state index contributed by atoms with van der Waals surface area (Å²) in [6.45, 7) is 0.227. The van der Waals surface area contributed by atoms with Crippen molar-refractivity contribution < 1.29 is 9.59 Å². The van der Waals surface area contributed by atoms with Gasteiger partial charge < -0.3 is 15.5 Å². The number of amides is 2. The molecule has 2 N–H and O–H groups in total. The van der Waals surface area contributed by atoms with Gasteiger partial charge in [0.1, 0.15) is 0 Å². The lowest BCUT2D eigenvalue weighted by Gasteiger charge is -2.18. The average molecular weight is 359 g/mol. The molecular formula is C22H21N3O2. The van der Waals surface area contributed by atoms with E-state index >= 15 is 0 Å². The summed E-state index contributed by atoms with van der Waals surface area (Å²) >= 11 is 0. The van der Waals surface area contributed by atoms with Gasteiger partial charge in [-0.1, -0.05) is 42.5 Å². The van der Waals surface area contributed by atoms with Crippen LogP contribution in [0.2, 0.25) is 0 Å². The number of benzene rings is 3. The first kappa shape index (κ1) is 18.2. The first-order valence-corrected chi connectivity index (χ1v) is 8.64. The van der Waals surface area contributed by atoms with Crippen LogP contribution in [-0.2, 0) is 4.79 Å². The number of likely N-dealkylation sites (N-methyl/N-ethyl adjacent to an activating group) is 1. The van der Waals surface area contributed by atoms with Crippen molar-refractivity contribution >= 4 is 28.9 Å². The SMILES string of the molecule is CN(CC(=O)Nc1cccc(NC(=O)c2ccccc2)c1)c1ccccc1. The fourth-order valence-corrected chi connectivity index (χ4v) is 2.66. The smallest absolute Gasteiger partial charge is 0.255 e. The number of hydrogen-bond donors (Lipinski definition) is 2. The van der Waals surface area contributed by atoms with Crippen LogP contribution in [0.15, 0.2) is 84.9 Å². The lowest BCUT2D eigenvalue weighted by atomic mass is 10.2. The normalized spacial score (nSPS) is 10.1. The molecule has 0 spiro atoms. The van der Waals surface area contributed by atoms with E-state index in [4.69, 9.17) is 0 Å². The molecule has 0 heterocycles. The molecule has 0 aliphatic rings. The van der Waals surface area contributed by atoms with Gasteiger partial charge in [-0.2, -0.15) is 0 Å². The monoisotopic (exact) mass is 359 g/mol. The summed E-state index contributed by atoms with van der Waals surface area (Å²) in [5.41, 5.74) is 2.80. The maximum atomic E-state index is 12.3. The standard InChI is InChI=1S/C22H21N3O2/c1-25(20-13-6-3-7-14-20)16-21(26)23-18-11-8-12-19(15-18)24-22(27)17-9-4-2-5-10-17/h2-15H,16H2,1H3,(H,23,26)(H,24,27). The molecule has 0 atom stereocenters. The van der Waals surface area contributed by atoms with Crippen molar-refractivity contribution in [3.05, 3.63) is 90.5 Å². The molecular weight excluding hydrogens is 338 g/mol. The molecule has 136 valence electrons. The third-order valence-electron chi connectivity index (χ3n) is 4.02. The Balaban J connectivity index is 1.60. The average Bonchev–Trinajstić information content (AvgIpc) is 2.69. The van der Waals surface area contributed by atoms with Crippen molar-refractivity contribution in [1.82, 2.24) is 0 Å². The van der Waals surface area contributed by atoms with Crippen LogP contribution in [0.4, 0.5) is 17.1 Å². The summed E-state index contributed by atoms with van der Waals surface area (Å²) in [5, 5.41) is 5.70. The zero-order valence-electron chi connectivity index (χ0n) is 15.1. The molecule has 0 bridgehead atoms. The van der Waals surface area contributed by atoms with Crippen molar-refractivity contribution in [1.29, 1.82) is 0 Å². The Morgan fingerprint density at radius 1 is 0.778 bits per heavy atom. The number of nitrogens with one attached hydrogen (secondary N) is 2.